The van der Waals surface area contributed by atoms with E-state index >= 15 is 0 Å². The van der Waals surface area contributed by atoms with Gasteiger partial charge in [0, 0.05) is 19.5 Å². The molecule has 0 radical (unpaired) electrons. The number of sulfonamides is 1. The van der Waals surface area contributed by atoms with Gasteiger partial charge in [0.15, 0.2) is 0 Å². The maximum atomic E-state index is 12.2. The summed E-state index contributed by atoms with van der Waals surface area (Å²) < 4.78 is 25.8. The van der Waals surface area contributed by atoms with E-state index in [0.717, 1.165) is 6.54 Å². The van der Waals surface area contributed by atoms with Crippen LogP contribution in [0.3, 0.4) is 0 Å². The lowest BCUT2D eigenvalue weighted by molar-refractivity contribution is -0.121. The molecular weight excluding hydrogens is 360 g/mol. The summed E-state index contributed by atoms with van der Waals surface area (Å²) in [5, 5.41) is 3.02. The lowest BCUT2D eigenvalue weighted by Crippen LogP contribution is -2.33. The van der Waals surface area contributed by atoms with E-state index in [1.165, 1.54) is 48.2 Å². The monoisotopic (exact) mass is 394 g/mol. The third-order valence-electron chi connectivity index (χ3n) is 5.33. The molecule has 6 heteroatoms. The number of carbonyl (C=O) groups excluding carboxylic acids is 1. The average Bonchev–Trinajstić information content (AvgIpc) is 2.63. The molecule has 0 aromatic heterocycles. The van der Waals surface area contributed by atoms with Crippen molar-refractivity contribution in [1.29, 1.82) is 0 Å². The standard InChI is InChI=1S/C21H34N2O3S/c1-17(2)19-11-13-20(14-12-19)23(27(3,25)26)15-7-10-21(24)22-16-18-8-5-4-6-9-18/h11-14,17-18H,4-10,15-16H2,1-3H3,(H,22,24). The first-order valence-corrected chi connectivity index (χ1v) is 12.0. The highest BCUT2D eigenvalue weighted by atomic mass is 32.2. The zero-order chi connectivity index (χ0) is 19.9. The molecule has 1 N–H and O–H groups in total. The first-order valence-electron chi connectivity index (χ1n) is 10.1. The number of hydrogen-bond acceptors (Lipinski definition) is 3. The molecule has 0 spiro atoms. The van der Waals surface area contributed by atoms with Crippen molar-refractivity contribution in [3.8, 4) is 0 Å². The van der Waals surface area contributed by atoms with Crippen LogP contribution in [0.2, 0.25) is 0 Å². The van der Waals surface area contributed by atoms with Crippen molar-refractivity contribution >= 4 is 21.6 Å². The summed E-state index contributed by atoms with van der Waals surface area (Å²) >= 11 is 0. The predicted octanol–water partition coefficient (Wildman–Crippen LogP) is 4.05. The zero-order valence-corrected chi connectivity index (χ0v) is 17.7. The molecule has 1 amide bonds. The topological polar surface area (TPSA) is 66.5 Å². The highest BCUT2D eigenvalue weighted by Crippen LogP contribution is 2.23. The number of benzene rings is 1. The predicted molar refractivity (Wildman–Crippen MR) is 112 cm³/mol. The van der Waals surface area contributed by atoms with Crippen LogP contribution in [0.25, 0.3) is 0 Å². The summed E-state index contributed by atoms with van der Waals surface area (Å²) in [6, 6.07) is 7.63. The largest absolute Gasteiger partial charge is 0.356 e. The molecule has 1 aromatic carbocycles. The SMILES string of the molecule is CC(C)c1ccc(N(CCCC(=O)NCC2CCCCC2)S(C)(=O)=O)cc1. The van der Waals surface area contributed by atoms with Crippen LogP contribution in [0, 0.1) is 5.92 Å². The number of carbonyl (C=O) groups is 1. The first-order chi connectivity index (χ1) is 12.8. The number of anilines is 1. The maximum Gasteiger partial charge on any atom is 0.232 e. The summed E-state index contributed by atoms with van der Waals surface area (Å²) in [5.74, 6) is 1.03. The fourth-order valence-electron chi connectivity index (χ4n) is 3.63. The van der Waals surface area contributed by atoms with Crippen LogP contribution >= 0.6 is 0 Å². The van der Waals surface area contributed by atoms with Gasteiger partial charge in [0.05, 0.1) is 11.9 Å². The third-order valence-corrected chi connectivity index (χ3v) is 6.52. The molecule has 1 aromatic rings. The van der Waals surface area contributed by atoms with Crippen molar-refractivity contribution in [3.05, 3.63) is 29.8 Å². The summed E-state index contributed by atoms with van der Waals surface area (Å²) in [5.41, 5.74) is 1.83. The molecule has 0 bridgehead atoms. The molecule has 0 saturated heterocycles. The molecule has 1 saturated carbocycles. The van der Waals surface area contributed by atoms with E-state index in [2.05, 4.69) is 19.2 Å². The van der Waals surface area contributed by atoms with Crippen molar-refractivity contribution in [2.45, 2.75) is 64.7 Å². The van der Waals surface area contributed by atoms with Crippen LogP contribution in [-0.4, -0.2) is 33.7 Å². The minimum Gasteiger partial charge on any atom is -0.356 e. The Hall–Kier alpha value is -1.56. The Morgan fingerprint density at radius 3 is 2.33 bits per heavy atom. The molecule has 27 heavy (non-hydrogen) atoms. The Morgan fingerprint density at radius 2 is 1.78 bits per heavy atom. The number of nitrogens with zero attached hydrogens (tertiary/aromatic N) is 1. The lowest BCUT2D eigenvalue weighted by atomic mass is 9.89. The Labute approximate surface area is 164 Å². The second-order valence-electron chi connectivity index (χ2n) is 7.99. The molecule has 0 unspecified atom stereocenters. The van der Waals surface area contributed by atoms with Gasteiger partial charge in [-0.25, -0.2) is 8.42 Å². The summed E-state index contributed by atoms with van der Waals surface area (Å²) in [6.07, 6.45) is 8.32. The molecule has 5 nitrogen and oxygen atoms in total. The second kappa shape index (κ2) is 10.1. The molecule has 1 aliphatic carbocycles. The molecular formula is C21H34N2O3S. The van der Waals surface area contributed by atoms with Crippen LogP contribution < -0.4 is 9.62 Å². The molecule has 0 heterocycles. The third kappa shape index (κ3) is 7.17. The van der Waals surface area contributed by atoms with E-state index in [-0.39, 0.29) is 5.91 Å². The van der Waals surface area contributed by atoms with Crippen LogP contribution in [-0.2, 0) is 14.8 Å². The van der Waals surface area contributed by atoms with Crippen molar-refractivity contribution < 1.29 is 13.2 Å². The number of nitrogens with one attached hydrogen (secondary N) is 1. The van der Waals surface area contributed by atoms with E-state index in [4.69, 9.17) is 0 Å². The van der Waals surface area contributed by atoms with Gasteiger partial charge in [-0.3, -0.25) is 9.10 Å². The Morgan fingerprint density at radius 1 is 1.15 bits per heavy atom. The van der Waals surface area contributed by atoms with Gasteiger partial charge in [0.2, 0.25) is 15.9 Å². The lowest BCUT2D eigenvalue weighted by Gasteiger charge is -2.23. The smallest absolute Gasteiger partial charge is 0.232 e. The highest BCUT2D eigenvalue weighted by Gasteiger charge is 2.18. The van der Waals surface area contributed by atoms with Gasteiger partial charge in [-0.15, -0.1) is 0 Å². The summed E-state index contributed by atoms with van der Waals surface area (Å²) in [6.45, 7) is 5.28. The van der Waals surface area contributed by atoms with Gasteiger partial charge < -0.3 is 5.32 Å². The fourth-order valence-corrected chi connectivity index (χ4v) is 4.60. The minimum absolute atomic E-state index is 0.0178. The number of amides is 1. The van der Waals surface area contributed by atoms with Gasteiger partial charge >= 0.3 is 0 Å². The van der Waals surface area contributed by atoms with Gasteiger partial charge in [0.25, 0.3) is 0 Å². The number of rotatable bonds is 9. The van der Waals surface area contributed by atoms with Crippen LogP contribution in [0.4, 0.5) is 5.69 Å². The van der Waals surface area contributed by atoms with E-state index in [0.29, 0.717) is 36.9 Å². The molecule has 152 valence electrons. The number of hydrogen-bond donors (Lipinski definition) is 1. The molecule has 2 rings (SSSR count). The van der Waals surface area contributed by atoms with Gasteiger partial charge in [-0.05, 0) is 48.8 Å². The quantitative estimate of drug-likeness (QED) is 0.687. The van der Waals surface area contributed by atoms with E-state index in [1.54, 1.807) is 0 Å². The summed E-state index contributed by atoms with van der Waals surface area (Å²) in [4.78, 5) is 12.1. The van der Waals surface area contributed by atoms with Crippen molar-refractivity contribution in [2.75, 3.05) is 23.7 Å². The Bertz CT molecular complexity index is 693. The van der Waals surface area contributed by atoms with Crippen molar-refractivity contribution in [2.24, 2.45) is 5.92 Å². The molecule has 0 aliphatic heterocycles. The zero-order valence-electron chi connectivity index (χ0n) is 16.9. The van der Waals surface area contributed by atoms with Crippen LogP contribution in [0.5, 0.6) is 0 Å². The fraction of sp³-hybridized carbons (Fsp3) is 0.667. The van der Waals surface area contributed by atoms with Crippen LogP contribution in [0.15, 0.2) is 24.3 Å². The first kappa shape index (κ1) is 21.7. The van der Waals surface area contributed by atoms with E-state index in [1.807, 2.05) is 24.3 Å². The molecule has 0 atom stereocenters. The molecule has 1 aliphatic rings. The summed E-state index contributed by atoms with van der Waals surface area (Å²) in [7, 11) is -3.38. The molecule has 1 fully saturated rings. The van der Waals surface area contributed by atoms with Gasteiger partial charge in [0.1, 0.15) is 0 Å². The van der Waals surface area contributed by atoms with E-state index in [9.17, 15) is 13.2 Å². The van der Waals surface area contributed by atoms with Crippen molar-refractivity contribution in [1.82, 2.24) is 5.32 Å². The van der Waals surface area contributed by atoms with E-state index < -0.39 is 10.0 Å². The second-order valence-corrected chi connectivity index (χ2v) is 9.90. The average molecular weight is 395 g/mol. The van der Waals surface area contributed by atoms with Crippen LogP contribution in [0.1, 0.15) is 70.3 Å². The van der Waals surface area contributed by atoms with Gasteiger partial charge in [-0.2, -0.15) is 0 Å². The highest BCUT2D eigenvalue weighted by molar-refractivity contribution is 7.92. The van der Waals surface area contributed by atoms with Gasteiger partial charge in [-0.1, -0.05) is 45.2 Å². The minimum atomic E-state index is -3.38. The van der Waals surface area contributed by atoms with Crippen molar-refractivity contribution in [3.63, 3.8) is 0 Å². The normalized spacial score (nSPS) is 15.7. The Balaban J connectivity index is 1.84. The maximum absolute atomic E-state index is 12.2. The Kier molecular flexibility index (Phi) is 8.14.